The van der Waals surface area contributed by atoms with Crippen molar-refractivity contribution in [2.75, 3.05) is 20.2 Å². The van der Waals surface area contributed by atoms with E-state index < -0.39 is 22.0 Å². The zero-order chi connectivity index (χ0) is 24.9. The van der Waals surface area contributed by atoms with Gasteiger partial charge in [0.25, 0.3) is 0 Å². The van der Waals surface area contributed by atoms with Gasteiger partial charge < -0.3 is 9.64 Å². The molecule has 1 aromatic heterocycles. The molecule has 186 valence electrons. The monoisotopic (exact) mass is 646 g/mol. The third kappa shape index (κ3) is 4.65. The summed E-state index contributed by atoms with van der Waals surface area (Å²) in [4.78, 5) is 24.7. The van der Waals surface area contributed by atoms with Crippen molar-refractivity contribution in [3.8, 4) is 0 Å². The summed E-state index contributed by atoms with van der Waals surface area (Å²) in [6.45, 7) is 2.35. The van der Waals surface area contributed by atoms with E-state index in [-0.39, 0.29) is 17.9 Å². The van der Waals surface area contributed by atoms with E-state index in [4.69, 9.17) is 21.3 Å². The van der Waals surface area contributed by atoms with Crippen molar-refractivity contribution in [3.63, 3.8) is 0 Å². The van der Waals surface area contributed by atoms with Gasteiger partial charge in [0.2, 0.25) is 10.0 Å². The van der Waals surface area contributed by atoms with Crippen LogP contribution in [-0.4, -0.2) is 65.9 Å². The van der Waals surface area contributed by atoms with Gasteiger partial charge in [-0.2, -0.15) is 4.31 Å². The summed E-state index contributed by atoms with van der Waals surface area (Å²) in [6.07, 6.45) is 3.47. The van der Waals surface area contributed by atoms with Crippen LogP contribution >= 0.6 is 45.5 Å². The van der Waals surface area contributed by atoms with Crippen LogP contribution in [0.4, 0.5) is 0 Å². The molecule has 0 N–H and O–H groups in total. The molecule has 2 aromatic rings. The molecule has 12 heteroatoms. The van der Waals surface area contributed by atoms with Crippen molar-refractivity contribution in [1.29, 1.82) is 0 Å². The maximum absolute atomic E-state index is 13.3. The summed E-state index contributed by atoms with van der Waals surface area (Å²) in [5.41, 5.74) is 1.81. The SMILES string of the molecule is CCOC(=O)C1=C2C[C@H](N(C)S(=O)(=O)C3CC3)CN2C(c2nccs2)=N[C@H]1c1ccc(I)cc1Cl. The van der Waals surface area contributed by atoms with E-state index in [0.717, 1.165) is 3.57 Å². The van der Waals surface area contributed by atoms with E-state index in [9.17, 15) is 13.2 Å². The highest BCUT2D eigenvalue weighted by atomic mass is 127. The fourth-order valence-electron chi connectivity index (χ4n) is 4.55. The number of thiazole rings is 1. The van der Waals surface area contributed by atoms with Crippen LogP contribution in [0.3, 0.4) is 0 Å². The first-order chi connectivity index (χ1) is 16.7. The van der Waals surface area contributed by atoms with Gasteiger partial charge in [-0.1, -0.05) is 17.7 Å². The molecule has 3 aliphatic rings. The normalized spacial score (nSPS) is 22.4. The average molecular weight is 647 g/mol. The van der Waals surface area contributed by atoms with E-state index in [1.54, 1.807) is 20.2 Å². The zero-order valence-corrected chi connectivity index (χ0v) is 23.7. The number of likely N-dealkylation sites (N-methyl/N-ethyl adjacent to an activating group) is 1. The van der Waals surface area contributed by atoms with E-state index in [0.29, 0.717) is 58.5 Å². The topological polar surface area (TPSA) is 92.2 Å². The fourth-order valence-corrected chi connectivity index (χ4v) is 7.91. The second-order valence-corrected chi connectivity index (χ2v) is 13.5. The lowest BCUT2D eigenvalue weighted by Crippen LogP contribution is -2.42. The minimum Gasteiger partial charge on any atom is -0.463 e. The predicted molar refractivity (Wildman–Crippen MR) is 144 cm³/mol. The van der Waals surface area contributed by atoms with E-state index in [1.165, 1.54) is 15.6 Å². The van der Waals surface area contributed by atoms with Gasteiger partial charge in [-0.3, -0.25) is 4.99 Å². The van der Waals surface area contributed by atoms with Crippen molar-refractivity contribution < 1.29 is 17.9 Å². The van der Waals surface area contributed by atoms with Crippen LogP contribution in [0.25, 0.3) is 0 Å². The van der Waals surface area contributed by atoms with Gasteiger partial charge in [-0.05, 0) is 54.5 Å². The summed E-state index contributed by atoms with van der Waals surface area (Å²) < 4.78 is 33.9. The number of hydrogen-bond acceptors (Lipinski definition) is 8. The quantitative estimate of drug-likeness (QED) is 0.331. The first kappa shape index (κ1) is 25.1. The number of esters is 1. The molecule has 0 spiro atoms. The van der Waals surface area contributed by atoms with Crippen molar-refractivity contribution >= 4 is 67.4 Å². The van der Waals surface area contributed by atoms with E-state index >= 15 is 0 Å². The Morgan fingerprint density at radius 1 is 1.37 bits per heavy atom. The highest BCUT2D eigenvalue weighted by Crippen LogP contribution is 2.44. The minimum absolute atomic E-state index is 0.213. The number of fused-ring (bicyclic) bond motifs is 1. The Kier molecular flexibility index (Phi) is 6.98. The molecule has 1 saturated carbocycles. The van der Waals surface area contributed by atoms with Gasteiger partial charge in [0.05, 0.1) is 17.4 Å². The highest BCUT2D eigenvalue weighted by Gasteiger charge is 2.47. The predicted octanol–water partition coefficient (Wildman–Crippen LogP) is 4.22. The summed E-state index contributed by atoms with van der Waals surface area (Å²) in [6, 6.07) is 4.61. The number of carbonyl (C=O) groups excluding carboxylic acids is 1. The Morgan fingerprint density at radius 2 is 2.14 bits per heavy atom. The molecule has 5 rings (SSSR count). The Hall–Kier alpha value is -1.54. The molecule has 3 heterocycles. The fraction of sp³-hybridized carbons (Fsp3) is 0.435. The Bertz CT molecular complexity index is 1320. The first-order valence-electron chi connectivity index (χ1n) is 11.3. The molecule has 2 fully saturated rings. The van der Waals surface area contributed by atoms with Gasteiger partial charge in [0, 0.05) is 57.5 Å². The lowest BCUT2D eigenvalue weighted by atomic mass is 9.94. The van der Waals surface area contributed by atoms with Crippen LogP contribution < -0.4 is 0 Å². The summed E-state index contributed by atoms with van der Waals surface area (Å²) in [7, 11) is -1.76. The number of ether oxygens (including phenoxy) is 1. The van der Waals surface area contributed by atoms with Gasteiger partial charge in [0.15, 0.2) is 10.8 Å². The van der Waals surface area contributed by atoms with Crippen molar-refractivity contribution in [2.24, 2.45) is 4.99 Å². The van der Waals surface area contributed by atoms with Crippen molar-refractivity contribution in [1.82, 2.24) is 14.2 Å². The number of aliphatic imine (C=N–C) groups is 1. The second-order valence-electron chi connectivity index (χ2n) is 8.67. The first-order valence-corrected chi connectivity index (χ1v) is 15.1. The number of rotatable bonds is 7. The molecular formula is C23H24ClIN4O4S2. The highest BCUT2D eigenvalue weighted by molar-refractivity contribution is 14.1. The van der Waals surface area contributed by atoms with Gasteiger partial charge in [0.1, 0.15) is 6.04 Å². The van der Waals surface area contributed by atoms with Gasteiger partial charge >= 0.3 is 5.97 Å². The molecule has 1 aliphatic carbocycles. The third-order valence-electron chi connectivity index (χ3n) is 6.48. The largest absolute Gasteiger partial charge is 0.463 e. The Morgan fingerprint density at radius 3 is 2.77 bits per heavy atom. The lowest BCUT2D eigenvalue weighted by molar-refractivity contribution is -0.139. The van der Waals surface area contributed by atoms with Gasteiger partial charge in [-0.25, -0.2) is 18.2 Å². The number of aromatic nitrogens is 1. The molecule has 0 bridgehead atoms. The number of carbonyl (C=O) groups is 1. The standard InChI is InChI=1S/C23H24ClIN4O4S2/c1-3-33-23(30)19-18-11-14(28(2)35(31,32)15-5-6-15)12-29(18)21(22-26-8-9-34-22)27-20(19)16-7-4-13(25)10-17(16)24/h4,7-10,14-15,20H,3,5-6,11-12H2,1-2H3/t14-,20-/m0/s1. The minimum atomic E-state index is -3.40. The number of benzene rings is 1. The summed E-state index contributed by atoms with van der Waals surface area (Å²) in [5.74, 6) is 0.143. The molecule has 1 aromatic carbocycles. The molecule has 2 aliphatic heterocycles. The number of nitrogens with zero attached hydrogens (tertiary/aromatic N) is 4. The molecule has 2 atom stereocenters. The molecule has 0 radical (unpaired) electrons. The summed E-state index contributed by atoms with van der Waals surface area (Å²) in [5, 5.41) is 2.76. The smallest absolute Gasteiger partial charge is 0.338 e. The Labute approximate surface area is 227 Å². The van der Waals surface area contributed by atoms with Crippen LogP contribution in [0.15, 0.2) is 46.0 Å². The number of amidine groups is 1. The lowest BCUT2D eigenvalue weighted by Gasteiger charge is -2.32. The maximum Gasteiger partial charge on any atom is 0.338 e. The van der Waals surface area contributed by atoms with E-state index in [1.807, 2.05) is 28.5 Å². The van der Waals surface area contributed by atoms with Gasteiger partial charge in [-0.15, -0.1) is 11.3 Å². The molecule has 0 unspecified atom stereocenters. The molecule has 0 amide bonds. The van der Waals surface area contributed by atoms with Crippen LogP contribution in [0.1, 0.15) is 42.8 Å². The molecule has 1 saturated heterocycles. The number of hydrogen-bond donors (Lipinski definition) is 0. The van der Waals surface area contributed by atoms with Crippen LogP contribution in [0.5, 0.6) is 0 Å². The third-order valence-corrected chi connectivity index (χ3v) is 10.7. The zero-order valence-electron chi connectivity index (χ0n) is 19.1. The molecular weight excluding hydrogens is 623 g/mol. The molecule has 8 nitrogen and oxygen atoms in total. The number of halogens is 2. The second kappa shape index (κ2) is 9.73. The number of sulfonamides is 1. The van der Waals surface area contributed by atoms with Crippen LogP contribution in [0.2, 0.25) is 5.02 Å². The van der Waals surface area contributed by atoms with Crippen LogP contribution in [0, 0.1) is 3.57 Å². The summed E-state index contributed by atoms with van der Waals surface area (Å²) >= 11 is 10.3. The van der Waals surface area contributed by atoms with E-state index in [2.05, 4.69) is 27.6 Å². The van der Waals surface area contributed by atoms with Crippen molar-refractivity contribution in [2.45, 2.75) is 43.5 Å². The Balaban J connectivity index is 1.65. The van der Waals surface area contributed by atoms with Crippen molar-refractivity contribution in [3.05, 3.63) is 60.2 Å². The maximum atomic E-state index is 13.3. The molecule has 35 heavy (non-hydrogen) atoms. The average Bonchev–Trinajstić information content (AvgIpc) is 3.37. The van der Waals surface area contributed by atoms with Crippen LogP contribution in [-0.2, 0) is 19.6 Å².